The molecule has 0 aromatic heterocycles. The highest BCUT2D eigenvalue weighted by atomic mass is 35.5. The zero-order chi connectivity index (χ0) is 12.1. The number of unbranched alkanes of at least 4 members (excludes halogenated alkanes) is 1. The van der Waals surface area contributed by atoms with Crippen molar-refractivity contribution >= 4 is 11.6 Å². The van der Waals surface area contributed by atoms with Gasteiger partial charge in [-0.15, -0.1) is 0 Å². The number of hydrogen-bond acceptors (Lipinski definition) is 2. The molecule has 2 nitrogen and oxygen atoms in total. The molecule has 0 heterocycles. The number of halogens is 3. The normalized spacial score (nSPS) is 10.6. The summed E-state index contributed by atoms with van der Waals surface area (Å²) in [6.07, 6.45) is 1.99. The molecule has 0 bridgehead atoms. The summed E-state index contributed by atoms with van der Waals surface area (Å²) in [4.78, 5) is 0. The molecule has 1 rings (SSSR count). The van der Waals surface area contributed by atoms with Gasteiger partial charge in [0.15, 0.2) is 17.4 Å². The number of aryl methyl sites for hydroxylation is 1. The van der Waals surface area contributed by atoms with E-state index in [0.717, 1.165) is 12.8 Å². The summed E-state index contributed by atoms with van der Waals surface area (Å²) in [6, 6.07) is 1.30. The van der Waals surface area contributed by atoms with E-state index in [-0.39, 0.29) is 5.02 Å². The van der Waals surface area contributed by atoms with Gasteiger partial charge in [-0.3, -0.25) is 0 Å². The molecular formula is C11H14ClF2NO. The second kappa shape index (κ2) is 6.01. The van der Waals surface area contributed by atoms with Gasteiger partial charge in [0.25, 0.3) is 0 Å². The lowest BCUT2D eigenvalue weighted by Crippen LogP contribution is -2.02. The molecule has 0 amide bonds. The Hall–Kier alpha value is -0.870. The van der Waals surface area contributed by atoms with Crippen LogP contribution in [0.3, 0.4) is 0 Å². The van der Waals surface area contributed by atoms with Crippen molar-refractivity contribution < 1.29 is 13.5 Å². The van der Waals surface area contributed by atoms with Crippen LogP contribution in [-0.2, 0) is 6.42 Å². The van der Waals surface area contributed by atoms with Crippen molar-refractivity contribution in [2.24, 2.45) is 5.73 Å². The average Bonchev–Trinajstić information content (AvgIpc) is 2.26. The summed E-state index contributed by atoms with van der Waals surface area (Å²) < 4.78 is 31.6. The minimum Gasteiger partial charge on any atom is -0.491 e. The van der Waals surface area contributed by atoms with Crippen LogP contribution in [0.25, 0.3) is 0 Å². The van der Waals surface area contributed by atoms with Crippen LogP contribution in [0, 0.1) is 11.6 Å². The summed E-state index contributed by atoms with van der Waals surface area (Å²) in [5.41, 5.74) is 5.69. The van der Waals surface area contributed by atoms with Crippen LogP contribution in [0.1, 0.15) is 18.4 Å². The van der Waals surface area contributed by atoms with Crippen LogP contribution in [0.4, 0.5) is 8.78 Å². The maximum Gasteiger partial charge on any atom is 0.192 e. The summed E-state index contributed by atoms with van der Waals surface area (Å²) in [7, 11) is 1.21. The molecule has 90 valence electrons. The zero-order valence-corrected chi connectivity index (χ0v) is 9.78. The van der Waals surface area contributed by atoms with E-state index in [1.54, 1.807) is 0 Å². The van der Waals surface area contributed by atoms with Crippen molar-refractivity contribution in [3.05, 3.63) is 28.3 Å². The third-order valence-corrected chi connectivity index (χ3v) is 2.57. The van der Waals surface area contributed by atoms with Crippen molar-refractivity contribution in [2.75, 3.05) is 13.7 Å². The van der Waals surface area contributed by atoms with Gasteiger partial charge in [-0.05, 0) is 37.4 Å². The fourth-order valence-corrected chi connectivity index (χ4v) is 1.67. The van der Waals surface area contributed by atoms with E-state index in [4.69, 9.17) is 17.3 Å². The minimum absolute atomic E-state index is 0.124. The Morgan fingerprint density at radius 1 is 1.31 bits per heavy atom. The maximum atomic E-state index is 13.7. The van der Waals surface area contributed by atoms with E-state index in [1.165, 1.54) is 13.2 Å². The Morgan fingerprint density at radius 2 is 2.00 bits per heavy atom. The van der Waals surface area contributed by atoms with Crippen molar-refractivity contribution in [3.63, 3.8) is 0 Å². The van der Waals surface area contributed by atoms with Gasteiger partial charge in [-0.2, -0.15) is 0 Å². The number of hydrogen-bond donors (Lipinski definition) is 1. The highest BCUT2D eigenvalue weighted by molar-refractivity contribution is 6.31. The van der Waals surface area contributed by atoms with E-state index < -0.39 is 17.4 Å². The van der Waals surface area contributed by atoms with Crippen LogP contribution in [0.2, 0.25) is 5.02 Å². The van der Waals surface area contributed by atoms with E-state index in [2.05, 4.69) is 4.74 Å². The van der Waals surface area contributed by atoms with E-state index in [9.17, 15) is 8.78 Å². The molecule has 1 aromatic carbocycles. The molecular weight excluding hydrogens is 236 g/mol. The Bertz CT molecular complexity index is 371. The Morgan fingerprint density at radius 3 is 2.56 bits per heavy atom. The molecule has 0 saturated carbocycles. The van der Waals surface area contributed by atoms with Crippen molar-refractivity contribution in [3.8, 4) is 5.75 Å². The largest absolute Gasteiger partial charge is 0.491 e. The molecule has 0 spiro atoms. The van der Waals surface area contributed by atoms with Crippen molar-refractivity contribution in [1.29, 1.82) is 0 Å². The van der Waals surface area contributed by atoms with Gasteiger partial charge in [0.2, 0.25) is 0 Å². The lowest BCUT2D eigenvalue weighted by atomic mass is 10.1. The van der Waals surface area contributed by atoms with Gasteiger partial charge in [0.1, 0.15) is 0 Å². The van der Waals surface area contributed by atoms with E-state index in [0.29, 0.717) is 18.5 Å². The molecule has 16 heavy (non-hydrogen) atoms. The SMILES string of the molecule is COc1c(F)c(Cl)cc(CCCCN)c1F. The quantitative estimate of drug-likeness (QED) is 0.643. The molecule has 0 aliphatic carbocycles. The zero-order valence-electron chi connectivity index (χ0n) is 9.03. The summed E-state index contributed by atoms with van der Waals surface area (Å²) in [6.45, 7) is 0.549. The molecule has 1 aromatic rings. The number of methoxy groups -OCH3 is 1. The molecule has 5 heteroatoms. The monoisotopic (exact) mass is 249 g/mol. The average molecular weight is 250 g/mol. The van der Waals surface area contributed by atoms with Gasteiger partial charge >= 0.3 is 0 Å². The smallest absolute Gasteiger partial charge is 0.192 e. The number of benzene rings is 1. The number of rotatable bonds is 5. The highest BCUT2D eigenvalue weighted by Gasteiger charge is 2.17. The van der Waals surface area contributed by atoms with Crippen LogP contribution in [0.15, 0.2) is 6.07 Å². The highest BCUT2D eigenvalue weighted by Crippen LogP contribution is 2.31. The predicted molar refractivity (Wildman–Crippen MR) is 59.9 cm³/mol. The first-order valence-corrected chi connectivity index (χ1v) is 5.40. The second-order valence-corrected chi connectivity index (χ2v) is 3.83. The molecule has 0 aliphatic heterocycles. The first-order valence-electron chi connectivity index (χ1n) is 5.02. The topological polar surface area (TPSA) is 35.2 Å². The van der Waals surface area contributed by atoms with Crippen molar-refractivity contribution in [1.82, 2.24) is 0 Å². The van der Waals surface area contributed by atoms with Gasteiger partial charge in [0, 0.05) is 0 Å². The van der Waals surface area contributed by atoms with Crippen LogP contribution >= 0.6 is 11.6 Å². The lowest BCUT2D eigenvalue weighted by molar-refractivity contribution is 0.357. The lowest BCUT2D eigenvalue weighted by Gasteiger charge is -2.09. The van der Waals surface area contributed by atoms with Gasteiger partial charge in [-0.25, -0.2) is 8.78 Å². The molecule has 0 saturated heterocycles. The molecule has 0 atom stereocenters. The molecule has 0 fully saturated rings. The fraction of sp³-hybridized carbons (Fsp3) is 0.455. The Labute approximate surface area is 98.3 Å². The Balaban J connectivity index is 2.96. The minimum atomic E-state index is -0.857. The molecule has 0 radical (unpaired) electrons. The maximum absolute atomic E-state index is 13.7. The first-order chi connectivity index (χ1) is 7.61. The van der Waals surface area contributed by atoms with Gasteiger partial charge in [0.05, 0.1) is 12.1 Å². The van der Waals surface area contributed by atoms with E-state index in [1.807, 2.05) is 0 Å². The summed E-state index contributed by atoms with van der Waals surface area (Å²) in [5.74, 6) is -1.96. The fourth-order valence-electron chi connectivity index (χ4n) is 1.45. The molecule has 0 unspecified atom stereocenters. The van der Waals surface area contributed by atoms with Crippen LogP contribution in [-0.4, -0.2) is 13.7 Å². The third kappa shape index (κ3) is 2.83. The van der Waals surface area contributed by atoms with Crippen molar-refractivity contribution in [2.45, 2.75) is 19.3 Å². The Kier molecular flexibility index (Phi) is 4.96. The summed E-state index contributed by atoms with van der Waals surface area (Å²) >= 11 is 5.64. The standard InChI is InChI=1S/C11H14ClF2NO/c1-16-11-9(13)7(4-2-3-5-15)6-8(12)10(11)14/h6H,2-5,15H2,1H3. The predicted octanol–water partition coefficient (Wildman–Crippen LogP) is 2.91. The van der Waals surface area contributed by atoms with Gasteiger partial charge in [-0.1, -0.05) is 11.6 Å². The molecule has 2 N–H and O–H groups in total. The van der Waals surface area contributed by atoms with Crippen LogP contribution in [0.5, 0.6) is 5.75 Å². The number of ether oxygens (including phenoxy) is 1. The molecule has 0 aliphatic rings. The summed E-state index contributed by atoms with van der Waals surface area (Å²) in [5, 5.41) is -0.124. The second-order valence-electron chi connectivity index (χ2n) is 3.42. The van der Waals surface area contributed by atoms with E-state index >= 15 is 0 Å². The van der Waals surface area contributed by atoms with Crippen LogP contribution < -0.4 is 10.5 Å². The van der Waals surface area contributed by atoms with Gasteiger partial charge < -0.3 is 10.5 Å². The number of nitrogens with two attached hydrogens (primary N) is 1. The first kappa shape index (κ1) is 13.2. The third-order valence-electron chi connectivity index (χ3n) is 2.30.